The third-order valence-corrected chi connectivity index (χ3v) is 8.80. The summed E-state index contributed by atoms with van der Waals surface area (Å²) in [6, 6.07) is 18.9. The van der Waals surface area contributed by atoms with E-state index in [0.29, 0.717) is 40.4 Å². The number of benzene rings is 2. The van der Waals surface area contributed by atoms with Crippen LogP contribution in [0.5, 0.6) is 5.75 Å². The Kier molecular flexibility index (Phi) is 9.61. The van der Waals surface area contributed by atoms with Crippen molar-refractivity contribution >= 4 is 61.8 Å². The van der Waals surface area contributed by atoms with Crippen LogP contribution >= 0.6 is 38.6 Å². The van der Waals surface area contributed by atoms with Crippen molar-refractivity contribution in [1.29, 1.82) is 0 Å². The molecule has 0 aliphatic carbocycles. The van der Waals surface area contributed by atoms with Crippen LogP contribution in [-0.2, 0) is 17.8 Å². The van der Waals surface area contributed by atoms with E-state index in [1.54, 1.807) is 19.1 Å². The van der Waals surface area contributed by atoms with Gasteiger partial charge in [-0.25, -0.2) is 0 Å². The van der Waals surface area contributed by atoms with Crippen molar-refractivity contribution in [3.63, 3.8) is 0 Å². The number of hydrogen-bond acceptors (Lipinski definition) is 7. The minimum atomic E-state index is -0.170. The third kappa shape index (κ3) is 7.59. The van der Waals surface area contributed by atoms with Crippen molar-refractivity contribution in [2.24, 2.45) is 4.99 Å². The Balaban J connectivity index is 1.32. The minimum absolute atomic E-state index is 0.00952. The number of halogens is 1. The lowest BCUT2D eigenvalue weighted by Crippen LogP contribution is -2.18. The van der Waals surface area contributed by atoms with E-state index in [9.17, 15) is 19.5 Å². The molecule has 0 spiro atoms. The standard InChI is InChI=1S/C30H27BrN2O4S2/c1-18(24-17-38-30(29(24)37)22-8-10-23(31)11-9-22)32-16-26(36)28-14-13-27(39-28)25(35)12-7-20-3-5-21(6-4-20)15-33-19(2)34/h3-6,8-11,13-14,17,37H,7,12,15-16H2,1-2H3,(H,33,34). The summed E-state index contributed by atoms with van der Waals surface area (Å²) in [5.74, 6) is -0.100. The van der Waals surface area contributed by atoms with Gasteiger partial charge in [-0.15, -0.1) is 22.7 Å². The molecular weight excluding hydrogens is 596 g/mol. The fraction of sp³-hybridized carbons (Fsp3) is 0.200. The quantitative estimate of drug-likeness (QED) is 0.138. The molecule has 0 atom stereocenters. The van der Waals surface area contributed by atoms with E-state index in [2.05, 4.69) is 26.2 Å². The topological polar surface area (TPSA) is 95.8 Å². The summed E-state index contributed by atoms with van der Waals surface area (Å²) in [5, 5.41) is 15.3. The van der Waals surface area contributed by atoms with E-state index in [1.165, 1.54) is 29.6 Å². The maximum atomic E-state index is 12.8. The van der Waals surface area contributed by atoms with Gasteiger partial charge in [-0.2, -0.15) is 0 Å². The van der Waals surface area contributed by atoms with Crippen molar-refractivity contribution in [2.45, 2.75) is 33.2 Å². The Morgan fingerprint density at radius 3 is 2.21 bits per heavy atom. The maximum Gasteiger partial charge on any atom is 0.217 e. The van der Waals surface area contributed by atoms with Gasteiger partial charge in [0.05, 0.1) is 14.6 Å². The summed E-state index contributed by atoms with van der Waals surface area (Å²) in [7, 11) is 0. The number of carbonyl (C=O) groups excluding carboxylic acids is 3. The van der Waals surface area contributed by atoms with Crippen LogP contribution in [0.2, 0.25) is 0 Å². The number of ketones is 2. The van der Waals surface area contributed by atoms with Gasteiger partial charge in [-0.1, -0.05) is 52.3 Å². The molecule has 0 bridgehead atoms. The normalized spacial score (nSPS) is 11.4. The molecular formula is C30H27BrN2O4S2. The number of aromatic hydroxyl groups is 1. The van der Waals surface area contributed by atoms with Crippen molar-refractivity contribution in [1.82, 2.24) is 5.32 Å². The van der Waals surface area contributed by atoms with E-state index in [1.807, 2.05) is 53.9 Å². The lowest BCUT2D eigenvalue weighted by Gasteiger charge is -2.04. The number of Topliss-reactive ketones (excluding diaryl/α,β-unsaturated/α-hetero) is 2. The zero-order valence-corrected chi connectivity index (χ0v) is 24.7. The molecule has 0 fully saturated rings. The number of thiophene rings is 2. The van der Waals surface area contributed by atoms with Crippen LogP contribution in [0, 0.1) is 0 Å². The number of aliphatic imine (C=N–C) groups is 1. The Labute approximate surface area is 243 Å². The van der Waals surface area contributed by atoms with Crippen LogP contribution in [0.3, 0.4) is 0 Å². The zero-order chi connectivity index (χ0) is 27.9. The number of nitrogens with zero attached hydrogens (tertiary/aromatic N) is 1. The van der Waals surface area contributed by atoms with Gasteiger partial charge in [0.2, 0.25) is 5.91 Å². The fourth-order valence-corrected chi connectivity index (χ4v) is 6.02. The molecule has 0 saturated carbocycles. The van der Waals surface area contributed by atoms with Crippen molar-refractivity contribution in [3.05, 3.63) is 97.0 Å². The molecule has 9 heteroatoms. The van der Waals surface area contributed by atoms with Crippen LogP contribution in [0.15, 0.2) is 75.5 Å². The summed E-state index contributed by atoms with van der Waals surface area (Å²) in [5.41, 5.74) is 4.13. The second-order valence-electron chi connectivity index (χ2n) is 8.97. The SMILES string of the molecule is CC(=O)NCc1ccc(CCC(=O)c2ccc(C(=O)CN=C(C)c3csc(-c4ccc(Br)cc4)c3O)s2)cc1. The average molecular weight is 624 g/mol. The van der Waals surface area contributed by atoms with Crippen molar-refractivity contribution < 1.29 is 19.5 Å². The number of aryl methyl sites for hydroxylation is 1. The first-order valence-electron chi connectivity index (χ1n) is 12.3. The van der Waals surface area contributed by atoms with Crippen LogP contribution in [0.25, 0.3) is 10.4 Å². The molecule has 200 valence electrons. The molecule has 0 aliphatic rings. The maximum absolute atomic E-state index is 12.8. The summed E-state index contributed by atoms with van der Waals surface area (Å²) in [6.07, 6.45) is 0.935. The average Bonchev–Trinajstić information content (AvgIpc) is 3.58. The summed E-state index contributed by atoms with van der Waals surface area (Å²) >= 11 is 6.03. The second-order valence-corrected chi connectivity index (χ2v) is 11.9. The molecule has 2 heterocycles. The van der Waals surface area contributed by atoms with Gasteiger partial charge in [-0.3, -0.25) is 19.4 Å². The monoisotopic (exact) mass is 622 g/mol. The zero-order valence-electron chi connectivity index (χ0n) is 21.5. The number of carbonyl (C=O) groups is 3. The van der Waals surface area contributed by atoms with E-state index in [0.717, 1.165) is 26.0 Å². The molecule has 0 saturated heterocycles. The number of hydrogen-bond donors (Lipinski definition) is 2. The Morgan fingerprint density at radius 2 is 1.54 bits per heavy atom. The smallest absolute Gasteiger partial charge is 0.217 e. The third-order valence-electron chi connectivity index (χ3n) is 6.08. The van der Waals surface area contributed by atoms with E-state index < -0.39 is 0 Å². The van der Waals surface area contributed by atoms with Crippen LogP contribution in [0.1, 0.15) is 56.3 Å². The lowest BCUT2D eigenvalue weighted by atomic mass is 10.0. The highest BCUT2D eigenvalue weighted by Gasteiger charge is 2.17. The van der Waals surface area contributed by atoms with Crippen molar-refractivity contribution in [2.75, 3.05) is 6.54 Å². The first-order valence-corrected chi connectivity index (χ1v) is 14.8. The van der Waals surface area contributed by atoms with Gasteiger partial charge < -0.3 is 10.4 Å². The highest BCUT2D eigenvalue weighted by atomic mass is 79.9. The summed E-state index contributed by atoms with van der Waals surface area (Å²) < 4.78 is 0.961. The largest absolute Gasteiger partial charge is 0.506 e. The molecule has 2 aromatic carbocycles. The van der Waals surface area contributed by atoms with Crippen LogP contribution in [-0.4, -0.2) is 34.8 Å². The Bertz CT molecular complexity index is 1520. The molecule has 1 amide bonds. The Hall–Kier alpha value is -3.40. The highest BCUT2D eigenvalue weighted by molar-refractivity contribution is 9.10. The molecule has 6 nitrogen and oxygen atoms in total. The highest BCUT2D eigenvalue weighted by Crippen LogP contribution is 2.39. The molecule has 0 radical (unpaired) electrons. The number of nitrogens with one attached hydrogen (secondary N) is 1. The van der Waals surface area contributed by atoms with Gasteiger partial charge in [0.1, 0.15) is 12.3 Å². The second kappa shape index (κ2) is 13.1. The van der Waals surface area contributed by atoms with Crippen LogP contribution < -0.4 is 5.32 Å². The van der Waals surface area contributed by atoms with E-state index in [4.69, 9.17) is 0 Å². The van der Waals surface area contributed by atoms with Gasteiger partial charge in [0.25, 0.3) is 0 Å². The first-order chi connectivity index (χ1) is 18.7. The minimum Gasteiger partial charge on any atom is -0.506 e. The molecule has 2 aromatic heterocycles. The lowest BCUT2D eigenvalue weighted by molar-refractivity contribution is -0.119. The van der Waals surface area contributed by atoms with Gasteiger partial charge in [-0.05, 0) is 54.3 Å². The van der Waals surface area contributed by atoms with E-state index >= 15 is 0 Å². The first kappa shape index (κ1) is 28.6. The number of amides is 1. The van der Waals surface area contributed by atoms with Gasteiger partial charge in [0.15, 0.2) is 11.6 Å². The predicted octanol–water partition coefficient (Wildman–Crippen LogP) is 7.09. The number of rotatable bonds is 11. The summed E-state index contributed by atoms with van der Waals surface area (Å²) in [6.45, 7) is 3.67. The summed E-state index contributed by atoms with van der Waals surface area (Å²) in [4.78, 5) is 42.7. The predicted molar refractivity (Wildman–Crippen MR) is 161 cm³/mol. The molecule has 39 heavy (non-hydrogen) atoms. The molecule has 4 rings (SSSR count). The van der Waals surface area contributed by atoms with Crippen LogP contribution in [0.4, 0.5) is 0 Å². The Morgan fingerprint density at radius 1 is 0.897 bits per heavy atom. The molecule has 0 aliphatic heterocycles. The molecule has 4 aromatic rings. The fourth-order valence-electron chi connectivity index (χ4n) is 3.84. The van der Waals surface area contributed by atoms with Gasteiger partial charge in [0, 0.05) is 41.0 Å². The molecule has 2 N–H and O–H groups in total. The van der Waals surface area contributed by atoms with Gasteiger partial charge >= 0.3 is 0 Å². The van der Waals surface area contributed by atoms with Crippen molar-refractivity contribution in [3.8, 4) is 16.2 Å². The molecule has 0 unspecified atom stereocenters. The van der Waals surface area contributed by atoms with E-state index in [-0.39, 0.29) is 29.8 Å².